The fraction of sp³-hybridized carbons (Fsp3) is 0.500. The van der Waals surface area contributed by atoms with Crippen molar-refractivity contribution in [1.82, 2.24) is 5.32 Å². The van der Waals surface area contributed by atoms with Crippen molar-refractivity contribution >= 4 is 23.2 Å². The molecule has 1 atom stereocenters. The highest BCUT2D eigenvalue weighted by Gasteiger charge is 2.21. The lowest BCUT2D eigenvalue weighted by atomic mass is 10.3. The first-order valence-corrected chi connectivity index (χ1v) is 6.40. The van der Waals surface area contributed by atoms with Gasteiger partial charge < -0.3 is 15.2 Å². The lowest BCUT2D eigenvalue weighted by Gasteiger charge is -2.13. The van der Waals surface area contributed by atoms with Crippen molar-refractivity contribution in [3.05, 3.63) is 28.2 Å². The van der Waals surface area contributed by atoms with Crippen molar-refractivity contribution in [1.29, 1.82) is 0 Å². The lowest BCUT2D eigenvalue weighted by molar-refractivity contribution is 0.106. The van der Waals surface area contributed by atoms with E-state index in [-0.39, 0.29) is 6.61 Å². The molecule has 0 saturated heterocycles. The van der Waals surface area contributed by atoms with Crippen molar-refractivity contribution < 1.29 is 9.84 Å². The van der Waals surface area contributed by atoms with Gasteiger partial charge in [0.2, 0.25) is 0 Å². The summed E-state index contributed by atoms with van der Waals surface area (Å²) in [7, 11) is 0. The van der Waals surface area contributed by atoms with Gasteiger partial charge in [0.25, 0.3) is 0 Å². The number of hydrogen-bond donors (Lipinski definition) is 2. The standard InChI is InChI=1S/C12H15Cl2NO2/c13-8-1-4-12(11(14)5-8)17-7-10(16)6-15-9-2-3-9/h1,4-5,9-10,15-16H,2-3,6-7H2. The molecular formula is C12H15Cl2NO2. The summed E-state index contributed by atoms with van der Waals surface area (Å²) in [5, 5.41) is 13.9. The molecule has 17 heavy (non-hydrogen) atoms. The Morgan fingerprint density at radius 3 is 2.82 bits per heavy atom. The largest absolute Gasteiger partial charge is 0.489 e. The van der Waals surface area contributed by atoms with Crippen molar-refractivity contribution in [2.75, 3.05) is 13.2 Å². The fourth-order valence-corrected chi connectivity index (χ4v) is 1.89. The molecule has 1 unspecified atom stereocenters. The van der Waals surface area contributed by atoms with Gasteiger partial charge in [-0.3, -0.25) is 0 Å². The zero-order chi connectivity index (χ0) is 12.3. The average molecular weight is 276 g/mol. The maximum absolute atomic E-state index is 9.68. The molecule has 1 saturated carbocycles. The van der Waals surface area contributed by atoms with Crippen molar-refractivity contribution in [3.8, 4) is 5.75 Å². The highest BCUT2D eigenvalue weighted by molar-refractivity contribution is 6.35. The summed E-state index contributed by atoms with van der Waals surface area (Å²) in [6.07, 6.45) is 1.88. The Morgan fingerprint density at radius 1 is 1.41 bits per heavy atom. The zero-order valence-corrected chi connectivity index (χ0v) is 10.8. The fourth-order valence-electron chi connectivity index (χ4n) is 1.43. The van der Waals surface area contributed by atoms with E-state index in [0.29, 0.717) is 28.4 Å². The maximum Gasteiger partial charge on any atom is 0.138 e. The first-order chi connectivity index (χ1) is 8.15. The monoisotopic (exact) mass is 275 g/mol. The number of halogens is 2. The van der Waals surface area contributed by atoms with Crippen LogP contribution in [-0.2, 0) is 0 Å². The molecule has 0 heterocycles. The summed E-state index contributed by atoms with van der Waals surface area (Å²) in [4.78, 5) is 0. The average Bonchev–Trinajstić information content (AvgIpc) is 3.09. The van der Waals surface area contributed by atoms with Crippen LogP contribution in [-0.4, -0.2) is 30.4 Å². The first-order valence-electron chi connectivity index (χ1n) is 5.64. The number of benzene rings is 1. The van der Waals surface area contributed by atoms with Gasteiger partial charge in [-0.1, -0.05) is 23.2 Å². The van der Waals surface area contributed by atoms with E-state index in [1.54, 1.807) is 18.2 Å². The van der Waals surface area contributed by atoms with Gasteiger partial charge in [-0.2, -0.15) is 0 Å². The van der Waals surface area contributed by atoms with Crippen molar-refractivity contribution in [2.45, 2.75) is 25.0 Å². The molecule has 1 aromatic rings. The molecule has 3 nitrogen and oxygen atoms in total. The minimum atomic E-state index is -0.526. The molecule has 2 rings (SSSR count). The molecule has 1 aromatic carbocycles. The maximum atomic E-state index is 9.68. The van der Waals surface area contributed by atoms with Crippen LogP contribution >= 0.6 is 23.2 Å². The molecule has 0 aliphatic heterocycles. The van der Waals surface area contributed by atoms with Gasteiger partial charge in [-0.25, -0.2) is 0 Å². The Morgan fingerprint density at radius 2 is 2.18 bits per heavy atom. The third-order valence-electron chi connectivity index (χ3n) is 2.54. The van der Waals surface area contributed by atoms with E-state index in [9.17, 15) is 5.11 Å². The van der Waals surface area contributed by atoms with Crippen LogP contribution in [0.2, 0.25) is 10.0 Å². The summed E-state index contributed by atoms with van der Waals surface area (Å²) in [6.45, 7) is 0.775. The zero-order valence-electron chi connectivity index (χ0n) is 9.33. The van der Waals surface area contributed by atoms with Gasteiger partial charge in [0.05, 0.1) is 5.02 Å². The van der Waals surface area contributed by atoms with Gasteiger partial charge in [0.15, 0.2) is 0 Å². The third-order valence-corrected chi connectivity index (χ3v) is 3.08. The molecule has 0 amide bonds. The minimum Gasteiger partial charge on any atom is -0.489 e. The Hall–Kier alpha value is -0.480. The van der Waals surface area contributed by atoms with Crippen LogP contribution in [0.15, 0.2) is 18.2 Å². The molecule has 0 bridgehead atoms. The van der Waals surface area contributed by atoms with E-state index in [4.69, 9.17) is 27.9 Å². The first kappa shape index (κ1) is 13.0. The number of aliphatic hydroxyl groups excluding tert-OH is 1. The van der Waals surface area contributed by atoms with Gasteiger partial charge in [-0.15, -0.1) is 0 Å². The normalized spacial score (nSPS) is 16.9. The Balaban J connectivity index is 1.75. The van der Waals surface area contributed by atoms with E-state index in [1.165, 1.54) is 12.8 Å². The molecule has 1 aliphatic carbocycles. The Bertz CT molecular complexity index is 383. The van der Waals surface area contributed by atoms with E-state index >= 15 is 0 Å². The third kappa shape index (κ3) is 4.36. The summed E-state index contributed by atoms with van der Waals surface area (Å²) in [5.74, 6) is 0.543. The van der Waals surface area contributed by atoms with E-state index in [0.717, 1.165) is 0 Å². The van der Waals surface area contributed by atoms with Gasteiger partial charge >= 0.3 is 0 Å². The van der Waals surface area contributed by atoms with E-state index in [2.05, 4.69) is 5.32 Å². The van der Waals surface area contributed by atoms with Gasteiger partial charge in [0.1, 0.15) is 18.5 Å². The van der Waals surface area contributed by atoms with E-state index in [1.807, 2.05) is 0 Å². The predicted molar refractivity (Wildman–Crippen MR) is 69.0 cm³/mol. The summed E-state index contributed by atoms with van der Waals surface area (Å²) < 4.78 is 5.43. The molecule has 1 fully saturated rings. The SMILES string of the molecule is OC(CNC1CC1)COc1ccc(Cl)cc1Cl. The second-order valence-corrected chi connectivity index (χ2v) is 5.07. The topological polar surface area (TPSA) is 41.5 Å². The van der Waals surface area contributed by atoms with Crippen molar-refractivity contribution in [2.24, 2.45) is 0 Å². The van der Waals surface area contributed by atoms with Crippen LogP contribution in [0, 0.1) is 0 Å². The molecular weight excluding hydrogens is 261 g/mol. The van der Waals surface area contributed by atoms with Crippen LogP contribution < -0.4 is 10.1 Å². The lowest BCUT2D eigenvalue weighted by Crippen LogP contribution is -2.32. The highest BCUT2D eigenvalue weighted by atomic mass is 35.5. The van der Waals surface area contributed by atoms with Crippen LogP contribution in [0.5, 0.6) is 5.75 Å². The number of aliphatic hydroxyl groups is 1. The Kier molecular flexibility index (Phi) is 4.51. The molecule has 1 aliphatic rings. The molecule has 0 spiro atoms. The van der Waals surface area contributed by atoms with Gasteiger partial charge in [0, 0.05) is 17.6 Å². The number of hydrogen-bond acceptors (Lipinski definition) is 3. The second kappa shape index (κ2) is 5.91. The molecule has 5 heteroatoms. The highest BCUT2D eigenvalue weighted by Crippen LogP contribution is 2.27. The smallest absolute Gasteiger partial charge is 0.138 e. The molecule has 0 aromatic heterocycles. The van der Waals surface area contributed by atoms with Crippen LogP contribution in [0.25, 0.3) is 0 Å². The molecule has 94 valence electrons. The minimum absolute atomic E-state index is 0.223. The Labute approximate surface area is 111 Å². The van der Waals surface area contributed by atoms with Crippen molar-refractivity contribution in [3.63, 3.8) is 0 Å². The quantitative estimate of drug-likeness (QED) is 0.838. The van der Waals surface area contributed by atoms with Crippen LogP contribution in [0.1, 0.15) is 12.8 Å². The number of ether oxygens (including phenoxy) is 1. The number of rotatable bonds is 6. The van der Waals surface area contributed by atoms with Crippen LogP contribution in [0.4, 0.5) is 0 Å². The molecule has 0 radical (unpaired) electrons. The summed E-state index contributed by atoms with van der Waals surface area (Å²) in [5.41, 5.74) is 0. The number of nitrogens with one attached hydrogen (secondary N) is 1. The summed E-state index contributed by atoms with van der Waals surface area (Å²) in [6, 6.07) is 5.61. The predicted octanol–water partition coefficient (Wildman–Crippen LogP) is 2.49. The van der Waals surface area contributed by atoms with E-state index < -0.39 is 6.10 Å². The molecule has 2 N–H and O–H groups in total. The van der Waals surface area contributed by atoms with Crippen LogP contribution in [0.3, 0.4) is 0 Å². The van der Waals surface area contributed by atoms with Gasteiger partial charge in [-0.05, 0) is 31.0 Å². The summed E-state index contributed by atoms with van der Waals surface area (Å²) >= 11 is 11.7. The second-order valence-electron chi connectivity index (χ2n) is 4.22.